The molecule has 0 amide bonds. The quantitative estimate of drug-likeness (QED) is 0.854. The van der Waals surface area contributed by atoms with Crippen molar-refractivity contribution >= 4 is 34.4 Å². The monoisotopic (exact) mass is 322 g/mol. The van der Waals surface area contributed by atoms with E-state index in [2.05, 4.69) is 15.3 Å². The van der Waals surface area contributed by atoms with Crippen LogP contribution in [0.1, 0.15) is 12.8 Å². The van der Waals surface area contributed by atoms with Crippen LogP contribution in [0.3, 0.4) is 0 Å². The highest BCUT2D eigenvalue weighted by atomic mass is 32.1. The second kappa shape index (κ2) is 6.55. The van der Waals surface area contributed by atoms with Crippen molar-refractivity contribution in [3.63, 3.8) is 0 Å². The predicted molar refractivity (Wildman–Crippen MR) is 88.0 cm³/mol. The maximum atomic E-state index is 5.41. The molecule has 7 heteroatoms. The van der Waals surface area contributed by atoms with Crippen LogP contribution in [-0.2, 0) is 6.67 Å². The summed E-state index contributed by atoms with van der Waals surface area (Å²) in [6.45, 7) is 3.05. The van der Waals surface area contributed by atoms with E-state index in [1.165, 1.54) is 24.2 Å². The van der Waals surface area contributed by atoms with Gasteiger partial charge in [0.05, 0.1) is 19.5 Å². The van der Waals surface area contributed by atoms with Crippen molar-refractivity contribution in [3.05, 3.63) is 28.2 Å². The SMILES string of the molecule is COc1ccccc1Nc1nn(CN2CCCC2)c(=S)s1. The molecule has 0 spiro atoms. The van der Waals surface area contributed by atoms with E-state index < -0.39 is 0 Å². The minimum Gasteiger partial charge on any atom is -0.495 e. The summed E-state index contributed by atoms with van der Waals surface area (Å²) in [7, 11) is 1.66. The molecule has 2 heterocycles. The summed E-state index contributed by atoms with van der Waals surface area (Å²) in [4.78, 5) is 2.38. The molecular formula is C14H18N4OS2. The van der Waals surface area contributed by atoms with Crippen molar-refractivity contribution in [2.24, 2.45) is 0 Å². The van der Waals surface area contributed by atoms with E-state index in [0.29, 0.717) is 0 Å². The Balaban J connectivity index is 1.75. The van der Waals surface area contributed by atoms with Gasteiger partial charge in [-0.1, -0.05) is 23.5 Å². The third-order valence-electron chi connectivity index (χ3n) is 3.49. The van der Waals surface area contributed by atoms with Crippen molar-refractivity contribution in [1.82, 2.24) is 14.7 Å². The van der Waals surface area contributed by atoms with Crippen molar-refractivity contribution in [3.8, 4) is 5.75 Å². The van der Waals surface area contributed by atoms with Gasteiger partial charge in [-0.25, -0.2) is 4.68 Å². The maximum absolute atomic E-state index is 5.41. The molecule has 112 valence electrons. The summed E-state index contributed by atoms with van der Waals surface area (Å²) in [5.74, 6) is 0.796. The Kier molecular flexibility index (Phi) is 4.52. The Labute approximate surface area is 133 Å². The van der Waals surface area contributed by atoms with Crippen molar-refractivity contribution in [2.45, 2.75) is 19.5 Å². The van der Waals surface area contributed by atoms with Gasteiger partial charge in [-0.2, -0.15) is 0 Å². The van der Waals surface area contributed by atoms with Crippen LogP contribution in [0.15, 0.2) is 24.3 Å². The molecule has 1 aliphatic rings. The summed E-state index contributed by atoms with van der Waals surface area (Å²) < 4.78 is 8.02. The number of likely N-dealkylation sites (tertiary alicyclic amines) is 1. The van der Waals surface area contributed by atoms with Gasteiger partial charge >= 0.3 is 0 Å². The van der Waals surface area contributed by atoms with Gasteiger partial charge in [-0.3, -0.25) is 4.90 Å². The highest BCUT2D eigenvalue weighted by Crippen LogP contribution is 2.28. The molecule has 0 saturated carbocycles. The number of benzene rings is 1. The normalized spacial score (nSPS) is 15.3. The van der Waals surface area contributed by atoms with Crippen molar-refractivity contribution in [2.75, 3.05) is 25.5 Å². The Morgan fingerprint density at radius 2 is 2.10 bits per heavy atom. The minimum absolute atomic E-state index is 0.781. The first-order chi connectivity index (χ1) is 10.3. The van der Waals surface area contributed by atoms with Gasteiger partial charge in [0.25, 0.3) is 0 Å². The lowest BCUT2D eigenvalue weighted by Crippen LogP contribution is -2.23. The van der Waals surface area contributed by atoms with Crippen LogP contribution in [0.25, 0.3) is 0 Å². The summed E-state index contributed by atoms with van der Waals surface area (Å²) in [6, 6.07) is 7.79. The van der Waals surface area contributed by atoms with Gasteiger partial charge in [0, 0.05) is 0 Å². The zero-order chi connectivity index (χ0) is 14.7. The number of methoxy groups -OCH3 is 1. The van der Waals surface area contributed by atoms with Gasteiger partial charge in [0.2, 0.25) is 5.13 Å². The number of nitrogens with one attached hydrogen (secondary N) is 1. The lowest BCUT2D eigenvalue weighted by molar-refractivity contribution is 0.255. The molecule has 0 unspecified atom stereocenters. The number of hydrogen-bond acceptors (Lipinski definition) is 6. The number of aromatic nitrogens is 2. The lowest BCUT2D eigenvalue weighted by atomic mass is 10.3. The highest BCUT2D eigenvalue weighted by molar-refractivity contribution is 7.73. The molecule has 3 rings (SSSR count). The van der Waals surface area contributed by atoms with Gasteiger partial charge in [0.1, 0.15) is 5.75 Å². The molecular weight excluding hydrogens is 304 g/mol. The third kappa shape index (κ3) is 3.42. The van der Waals surface area contributed by atoms with Crippen molar-refractivity contribution in [1.29, 1.82) is 0 Å². The first kappa shape index (κ1) is 14.5. The molecule has 1 N–H and O–H groups in total. The Hall–Kier alpha value is -1.44. The number of hydrogen-bond donors (Lipinski definition) is 1. The molecule has 2 aromatic rings. The van der Waals surface area contributed by atoms with E-state index in [1.54, 1.807) is 7.11 Å². The van der Waals surface area contributed by atoms with Crippen LogP contribution in [0, 0.1) is 3.95 Å². The third-order valence-corrected chi connectivity index (χ3v) is 4.71. The molecule has 1 aromatic carbocycles. The lowest BCUT2D eigenvalue weighted by Gasteiger charge is -2.13. The number of ether oxygens (including phenoxy) is 1. The predicted octanol–water partition coefficient (Wildman–Crippen LogP) is 3.48. The second-order valence-corrected chi connectivity index (χ2v) is 6.59. The van der Waals surface area contributed by atoms with Crippen molar-refractivity contribution < 1.29 is 4.74 Å². The number of anilines is 2. The fraction of sp³-hybridized carbons (Fsp3) is 0.429. The van der Waals surface area contributed by atoms with Crippen LogP contribution >= 0.6 is 23.6 Å². The summed E-state index contributed by atoms with van der Waals surface area (Å²) in [5, 5.41) is 8.65. The van der Waals surface area contributed by atoms with Gasteiger partial charge in [-0.05, 0) is 50.3 Å². The summed E-state index contributed by atoms with van der Waals surface area (Å²) in [6.07, 6.45) is 2.54. The van der Waals surface area contributed by atoms with E-state index >= 15 is 0 Å². The van der Waals surface area contributed by atoms with Gasteiger partial charge in [-0.15, -0.1) is 5.10 Å². The molecule has 1 fully saturated rings. The van der Waals surface area contributed by atoms with Gasteiger partial charge in [0.15, 0.2) is 3.95 Å². The van der Waals surface area contributed by atoms with Gasteiger partial charge < -0.3 is 10.1 Å². The van der Waals surface area contributed by atoms with Crippen LogP contribution < -0.4 is 10.1 Å². The number of nitrogens with zero attached hydrogens (tertiary/aromatic N) is 3. The molecule has 21 heavy (non-hydrogen) atoms. The zero-order valence-corrected chi connectivity index (χ0v) is 13.5. The fourth-order valence-electron chi connectivity index (χ4n) is 2.42. The van der Waals surface area contributed by atoms with Crippen LogP contribution in [0.5, 0.6) is 5.75 Å². The summed E-state index contributed by atoms with van der Waals surface area (Å²) in [5.41, 5.74) is 0.900. The standard InChI is InChI=1S/C14H18N4OS2/c1-19-12-7-3-2-6-11(12)15-13-16-18(14(20)21-13)10-17-8-4-5-9-17/h2-3,6-7H,4-5,8-10H2,1H3,(H,15,16). The van der Waals surface area contributed by atoms with E-state index in [0.717, 1.165) is 40.3 Å². The molecule has 0 aliphatic carbocycles. The zero-order valence-electron chi connectivity index (χ0n) is 11.9. The second-order valence-electron chi connectivity index (χ2n) is 4.96. The fourth-order valence-corrected chi connectivity index (χ4v) is 3.43. The largest absolute Gasteiger partial charge is 0.495 e. The molecule has 1 saturated heterocycles. The molecule has 0 bridgehead atoms. The molecule has 0 radical (unpaired) electrons. The molecule has 5 nitrogen and oxygen atoms in total. The number of rotatable bonds is 5. The smallest absolute Gasteiger partial charge is 0.209 e. The average molecular weight is 322 g/mol. The minimum atomic E-state index is 0.781. The van der Waals surface area contributed by atoms with Crippen LogP contribution in [0.4, 0.5) is 10.8 Å². The Morgan fingerprint density at radius 1 is 1.33 bits per heavy atom. The first-order valence-corrected chi connectivity index (χ1v) is 8.19. The van der Waals surface area contributed by atoms with E-state index in [1.807, 2.05) is 28.9 Å². The number of para-hydroxylation sites is 2. The summed E-state index contributed by atoms with van der Waals surface area (Å²) >= 11 is 6.89. The first-order valence-electron chi connectivity index (χ1n) is 6.96. The Bertz CT molecular complexity index is 661. The Morgan fingerprint density at radius 3 is 2.86 bits per heavy atom. The average Bonchev–Trinajstić information content (AvgIpc) is 3.11. The van der Waals surface area contributed by atoms with Crippen LogP contribution in [0.2, 0.25) is 0 Å². The molecule has 0 atom stereocenters. The van der Waals surface area contributed by atoms with E-state index in [4.69, 9.17) is 17.0 Å². The van der Waals surface area contributed by atoms with Crippen LogP contribution in [-0.4, -0.2) is 34.9 Å². The van der Waals surface area contributed by atoms with E-state index in [9.17, 15) is 0 Å². The molecule has 1 aliphatic heterocycles. The van der Waals surface area contributed by atoms with E-state index in [-0.39, 0.29) is 0 Å². The highest BCUT2D eigenvalue weighted by Gasteiger charge is 2.14. The molecule has 1 aromatic heterocycles. The maximum Gasteiger partial charge on any atom is 0.209 e. The topological polar surface area (TPSA) is 42.3 Å².